The minimum absolute atomic E-state index is 0.0183. The van der Waals surface area contributed by atoms with Gasteiger partial charge in [-0.1, -0.05) is 19.4 Å². The van der Waals surface area contributed by atoms with Crippen molar-refractivity contribution in [1.29, 1.82) is 0 Å². The minimum atomic E-state index is -0.987. The Hall–Kier alpha value is -1.56. The number of carboxylic acids is 1. The molecule has 2 N–H and O–H groups in total. The van der Waals surface area contributed by atoms with Crippen LogP contribution in [0.3, 0.4) is 0 Å². The molecule has 2 atom stereocenters. The lowest BCUT2D eigenvalue weighted by atomic mass is 10.1. The second-order valence-corrected chi connectivity index (χ2v) is 5.90. The van der Waals surface area contributed by atoms with E-state index in [4.69, 9.17) is 5.11 Å². The third kappa shape index (κ3) is 4.85. The largest absolute Gasteiger partial charge is 0.480 e. The van der Waals surface area contributed by atoms with E-state index in [1.54, 1.807) is 23.3 Å². The highest BCUT2D eigenvalue weighted by Crippen LogP contribution is 2.13. The summed E-state index contributed by atoms with van der Waals surface area (Å²) in [5.74, 6) is -0.987. The summed E-state index contributed by atoms with van der Waals surface area (Å²) in [6.07, 6.45) is 1.92. The van der Waals surface area contributed by atoms with E-state index in [0.717, 1.165) is 6.42 Å². The van der Waals surface area contributed by atoms with Crippen molar-refractivity contribution in [3.63, 3.8) is 0 Å². The van der Waals surface area contributed by atoms with E-state index in [1.807, 2.05) is 31.4 Å². The molecule has 1 rings (SSSR count). The van der Waals surface area contributed by atoms with Crippen molar-refractivity contribution in [2.75, 3.05) is 7.05 Å². The summed E-state index contributed by atoms with van der Waals surface area (Å²) in [6.45, 7) is 3.85. The summed E-state index contributed by atoms with van der Waals surface area (Å²) in [5, 5.41) is 13.6. The summed E-state index contributed by atoms with van der Waals surface area (Å²) in [4.78, 5) is 25.9. The zero-order chi connectivity index (χ0) is 15.1. The molecule has 0 bridgehead atoms. The molecule has 0 spiro atoms. The maximum Gasteiger partial charge on any atom is 0.326 e. The number of thiophene rings is 1. The van der Waals surface area contributed by atoms with Gasteiger partial charge in [0.05, 0.1) is 0 Å². The summed E-state index contributed by atoms with van der Waals surface area (Å²) in [7, 11) is 1.69. The zero-order valence-corrected chi connectivity index (χ0v) is 12.9. The quantitative estimate of drug-likeness (QED) is 0.813. The van der Waals surface area contributed by atoms with Crippen LogP contribution in [0.4, 0.5) is 4.79 Å². The highest BCUT2D eigenvalue weighted by atomic mass is 32.1. The number of carboxylic acid groups (broad SMARTS) is 1. The molecule has 0 saturated carbocycles. The molecule has 5 nitrogen and oxygen atoms in total. The van der Waals surface area contributed by atoms with Crippen molar-refractivity contribution in [3.05, 3.63) is 22.4 Å². The van der Waals surface area contributed by atoms with E-state index in [9.17, 15) is 9.59 Å². The van der Waals surface area contributed by atoms with E-state index in [0.29, 0.717) is 12.8 Å². The molecule has 1 aromatic rings. The van der Waals surface area contributed by atoms with E-state index >= 15 is 0 Å². The predicted molar refractivity (Wildman–Crippen MR) is 80.1 cm³/mol. The van der Waals surface area contributed by atoms with Crippen LogP contribution in [0.2, 0.25) is 0 Å². The number of rotatable bonds is 7. The molecule has 2 amide bonds. The predicted octanol–water partition coefficient (Wildman–Crippen LogP) is 2.57. The lowest BCUT2D eigenvalue weighted by Crippen LogP contribution is -2.49. The Morgan fingerprint density at radius 1 is 1.50 bits per heavy atom. The summed E-state index contributed by atoms with van der Waals surface area (Å²) < 4.78 is 0. The van der Waals surface area contributed by atoms with Crippen molar-refractivity contribution >= 4 is 23.3 Å². The topological polar surface area (TPSA) is 69.6 Å². The van der Waals surface area contributed by atoms with Crippen molar-refractivity contribution in [2.45, 2.75) is 45.2 Å². The van der Waals surface area contributed by atoms with E-state index in [1.165, 1.54) is 4.88 Å². The fourth-order valence-corrected chi connectivity index (χ4v) is 2.68. The second-order valence-electron chi connectivity index (χ2n) is 4.87. The molecule has 0 aromatic carbocycles. The van der Waals surface area contributed by atoms with Gasteiger partial charge in [-0.2, -0.15) is 0 Å². The highest BCUT2D eigenvalue weighted by molar-refractivity contribution is 7.09. The van der Waals surface area contributed by atoms with Crippen LogP contribution in [-0.4, -0.2) is 41.1 Å². The van der Waals surface area contributed by atoms with Crippen molar-refractivity contribution < 1.29 is 14.7 Å². The van der Waals surface area contributed by atoms with Gasteiger partial charge in [-0.05, 0) is 24.8 Å². The van der Waals surface area contributed by atoms with Gasteiger partial charge in [-0.3, -0.25) is 0 Å². The molecule has 1 heterocycles. The lowest BCUT2D eigenvalue weighted by Gasteiger charge is -2.26. The molecule has 1 aromatic heterocycles. The first kappa shape index (κ1) is 16.5. The number of likely N-dealkylation sites (N-methyl/N-ethyl adjacent to an activating group) is 1. The van der Waals surface area contributed by atoms with Crippen LogP contribution in [0.25, 0.3) is 0 Å². The molecule has 0 radical (unpaired) electrons. The SMILES string of the molecule is CCC[C@H](NC(=O)N(C)C(C)Cc1cccs1)C(=O)O. The number of nitrogens with zero attached hydrogens (tertiary/aromatic N) is 1. The summed E-state index contributed by atoms with van der Waals surface area (Å²) in [5.41, 5.74) is 0. The number of carbonyl (C=O) groups is 2. The van der Waals surface area contributed by atoms with Crippen LogP contribution in [-0.2, 0) is 11.2 Å². The fraction of sp³-hybridized carbons (Fsp3) is 0.571. The molecular formula is C14H22N2O3S. The van der Waals surface area contributed by atoms with Gasteiger partial charge in [0.15, 0.2) is 0 Å². The number of hydrogen-bond acceptors (Lipinski definition) is 3. The molecule has 0 fully saturated rings. The first-order chi connectivity index (χ1) is 9.45. The highest BCUT2D eigenvalue weighted by Gasteiger charge is 2.23. The summed E-state index contributed by atoms with van der Waals surface area (Å²) in [6, 6.07) is 2.88. The normalized spacial score (nSPS) is 13.6. The molecule has 20 heavy (non-hydrogen) atoms. The smallest absolute Gasteiger partial charge is 0.326 e. The minimum Gasteiger partial charge on any atom is -0.480 e. The molecule has 112 valence electrons. The number of amides is 2. The van der Waals surface area contributed by atoms with Gasteiger partial charge in [0.2, 0.25) is 0 Å². The van der Waals surface area contributed by atoms with E-state index in [2.05, 4.69) is 5.32 Å². The first-order valence-corrected chi connectivity index (χ1v) is 7.62. The maximum atomic E-state index is 12.1. The standard InChI is InChI=1S/C14H22N2O3S/c1-4-6-12(13(17)18)15-14(19)16(3)10(2)9-11-7-5-8-20-11/h5,7-8,10,12H,4,6,9H2,1-3H3,(H,15,19)(H,17,18)/t10?,12-/m0/s1. The molecule has 0 saturated heterocycles. The summed E-state index contributed by atoms with van der Waals surface area (Å²) >= 11 is 1.65. The van der Waals surface area contributed by atoms with E-state index < -0.39 is 12.0 Å². The van der Waals surface area contributed by atoms with Crippen LogP contribution in [0.1, 0.15) is 31.6 Å². The van der Waals surface area contributed by atoms with Crippen molar-refractivity contribution in [3.8, 4) is 0 Å². The van der Waals surface area contributed by atoms with Gasteiger partial charge >= 0.3 is 12.0 Å². The third-order valence-electron chi connectivity index (χ3n) is 3.23. The van der Waals surface area contributed by atoms with Gasteiger partial charge in [0.25, 0.3) is 0 Å². The van der Waals surface area contributed by atoms with Gasteiger partial charge in [0, 0.05) is 24.4 Å². The Labute approximate surface area is 123 Å². The second kappa shape index (κ2) is 7.89. The monoisotopic (exact) mass is 298 g/mol. The van der Waals surface area contributed by atoms with Gasteiger partial charge in [-0.15, -0.1) is 11.3 Å². The van der Waals surface area contributed by atoms with Crippen LogP contribution < -0.4 is 5.32 Å². The Bertz CT molecular complexity index is 434. The van der Waals surface area contributed by atoms with Crippen LogP contribution in [0.5, 0.6) is 0 Å². The molecule has 0 aliphatic heterocycles. The number of urea groups is 1. The number of aliphatic carboxylic acids is 1. The van der Waals surface area contributed by atoms with Gasteiger partial charge in [0.1, 0.15) is 6.04 Å². The molecule has 0 aliphatic carbocycles. The maximum absolute atomic E-state index is 12.1. The molecule has 0 aliphatic rings. The molecule has 6 heteroatoms. The van der Waals surface area contributed by atoms with E-state index in [-0.39, 0.29) is 12.1 Å². The van der Waals surface area contributed by atoms with Gasteiger partial charge < -0.3 is 15.3 Å². The zero-order valence-electron chi connectivity index (χ0n) is 12.1. The van der Waals surface area contributed by atoms with Crippen LogP contribution in [0, 0.1) is 0 Å². The van der Waals surface area contributed by atoms with Crippen LogP contribution in [0.15, 0.2) is 17.5 Å². The Kier molecular flexibility index (Phi) is 6.51. The average Bonchev–Trinajstić information content (AvgIpc) is 2.89. The van der Waals surface area contributed by atoms with Crippen molar-refractivity contribution in [2.24, 2.45) is 0 Å². The first-order valence-electron chi connectivity index (χ1n) is 6.74. The molecule has 1 unspecified atom stereocenters. The Morgan fingerprint density at radius 3 is 2.70 bits per heavy atom. The number of hydrogen-bond donors (Lipinski definition) is 2. The van der Waals surface area contributed by atoms with Gasteiger partial charge in [-0.25, -0.2) is 9.59 Å². The average molecular weight is 298 g/mol. The van der Waals surface area contributed by atoms with Crippen molar-refractivity contribution in [1.82, 2.24) is 10.2 Å². The fourth-order valence-electron chi connectivity index (χ4n) is 1.85. The van der Waals surface area contributed by atoms with Crippen LogP contribution >= 0.6 is 11.3 Å². The number of nitrogens with one attached hydrogen (secondary N) is 1. The third-order valence-corrected chi connectivity index (χ3v) is 4.13. The lowest BCUT2D eigenvalue weighted by molar-refractivity contribution is -0.139. The number of carbonyl (C=O) groups excluding carboxylic acids is 1. The molecular weight excluding hydrogens is 276 g/mol. The Morgan fingerprint density at radius 2 is 2.20 bits per heavy atom. The Balaban J connectivity index is 2.54.